The number of piperidine rings is 1. The molecule has 0 spiro atoms. The minimum absolute atomic E-state index is 0.0353. The van der Waals surface area contributed by atoms with Crippen molar-refractivity contribution in [3.63, 3.8) is 0 Å². The highest BCUT2D eigenvalue weighted by Crippen LogP contribution is 2.48. The van der Waals surface area contributed by atoms with Crippen LogP contribution in [0.2, 0.25) is 0 Å². The van der Waals surface area contributed by atoms with Gasteiger partial charge in [0.15, 0.2) is 0 Å². The topological polar surface area (TPSA) is 79.4 Å². The average molecular weight is 713 g/mol. The van der Waals surface area contributed by atoms with E-state index in [-0.39, 0.29) is 41.7 Å². The molecule has 2 atom stereocenters. The molecule has 4 heterocycles. The maximum Gasteiger partial charge on any atom is 0.322 e. The van der Waals surface area contributed by atoms with E-state index in [0.29, 0.717) is 57.8 Å². The number of anilines is 2. The first-order chi connectivity index (χ1) is 24.6. The maximum absolute atomic E-state index is 15.8. The first-order valence-electron chi connectivity index (χ1n) is 18.3. The van der Waals surface area contributed by atoms with Crippen molar-refractivity contribution in [3.05, 3.63) is 95.3 Å². The summed E-state index contributed by atoms with van der Waals surface area (Å²) in [7, 11) is 0. The van der Waals surface area contributed by atoms with Gasteiger partial charge in [0, 0.05) is 81.6 Å². The van der Waals surface area contributed by atoms with Crippen molar-refractivity contribution < 1.29 is 18.8 Å². The molecule has 0 aliphatic carbocycles. The Bertz CT molecular complexity index is 1740. The van der Waals surface area contributed by atoms with Crippen molar-refractivity contribution in [2.24, 2.45) is 0 Å². The number of urea groups is 1. The Morgan fingerprint density at radius 1 is 0.863 bits per heavy atom. The SMILES string of the molecule is CC(C)(C)N1CCN(c2c(F)cccc2C2S[C@@H](CC(=O)N3CCC(N4CCc5ccccc5NC4=O)CC3)C(=O)N2Cc2ccccc2)CC1. The minimum Gasteiger partial charge on any atom is -0.366 e. The van der Waals surface area contributed by atoms with Crippen LogP contribution in [0.4, 0.5) is 20.6 Å². The first kappa shape index (κ1) is 35.3. The Morgan fingerprint density at radius 3 is 2.29 bits per heavy atom. The van der Waals surface area contributed by atoms with Gasteiger partial charge in [-0.3, -0.25) is 14.5 Å². The number of benzene rings is 3. The minimum atomic E-state index is -0.576. The number of hydrogen-bond donors (Lipinski definition) is 1. The fourth-order valence-electron chi connectivity index (χ4n) is 8.02. The highest BCUT2D eigenvalue weighted by molar-refractivity contribution is 8.01. The van der Waals surface area contributed by atoms with Crippen molar-refractivity contribution in [3.8, 4) is 0 Å². The van der Waals surface area contributed by atoms with Crippen LogP contribution in [0.25, 0.3) is 0 Å². The maximum atomic E-state index is 15.8. The summed E-state index contributed by atoms with van der Waals surface area (Å²) in [6.45, 7) is 11.7. The van der Waals surface area contributed by atoms with Crippen LogP contribution < -0.4 is 10.2 Å². The highest BCUT2D eigenvalue weighted by Gasteiger charge is 2.44. The summed E-state index contributed by atoms with van der Waals surface area (Å²) in [5, 5.41) is 2.06. The summed E-state index contributed by atoms with van der Waals surface area (Å²) in [6.07, 6.45) is 2.26. The van der Waals surface area contributed by atoms with E-state index in [1.165, 1.54) is 17.8 Å². The van der Waals surface area contributed by atoms with Gasteiger partial charge in [-0.15, -0.1) is 11.8 Å². The number of nitrogens with zero attached hydrogens (tertiary/aromatic N) is 5. The van der Waals surface area contributed by atoms with Crippen molar-refractivity contribution in [2.75, 3.05) is 56.0 Å². The molecule has 3 saturated heterocycles. The number of rotatable bonds is 7. The number of carbonyl (C=O) groups is 3. The molecule has 7 rings (SSSR count). The van der Waals surface area contributed by atoms with Gasteiger partial charge in [0.05, 0.1) is 10.9 Å². The third-order valence-electron chi connectivity index (χ3n) is 10.9. The van der Waals surface area contributed by atoms with Crippen LogP contribution >= 0.6 is 11.8 Å². The molecule has 51 heavy (non-hydrogen) atoms. The summed E-state index contributed by atoms with van der Waals surface area (Å²) in [6, 6.07) is 22.9. The van der Waals surface area contributed by atoms with E-state index >= 15 is 4.39 Å². The zero-order valence-electron chi connectivity index (χ0n) is 29.9. The first-order valence-corrected chi connectivity index (χ1v) is 19.2. The standard InChI is InChI=1S/C40H49FN6O3S/c1-40(2,3)45-24-22-44(23-25-45)36-31(13-9-14-32(36)41)38-47(27-28-10-5-4-6-11-28)37(49)34(51-38)26-35(48)43-19-17-30(18-20-43)46-21-16-29-12-7-8-15-33(29)42-39(46)50/h4-15,30,34,38H,16-27H2,1-3H3,(H,42,50)/t34-,38?/m0/s1. The van der Waals surface area contributed by atoms with Gasteiger partial charge in [-0.05, 0) is 63.3 Å². The van der Waals surface area contributed by atoms with Gasteiger partial charge in [-0.25, -0.2) is 9.18 Å². The number of fused-ring (bicyclic) bond motifs is 1. The largest absolute Gasteiger partial charge is 0.366 e. The highest BCUT2D eigenvalue weighted by atomic mass is 32.2. The molecule has 0 radical (unpaired) electrons. The van der Waals surface area contributed by atoms with E-state index in [2.05, 4.69) is 42.0 Å². The van der Waals surface area contributed by atoms with Gasteiger partial charge < -0.3 is 24.9 Å². The van der Waals surface area contributed by atoms with Gasteiger partial charge in [-0.1, -0.05) is 60.7 Å². The second kappa shape index (κ2) is 14.9. The fourth-order valence-corrected chi connectivity index (χ4v) is 9.49. The van der Waals surface area contributed by atoms with Crippen LogP contribution in [0.5, 0.6) is 0 Å². The lowest BCUT2D eigenvalue weighted by atomic mass is 10.0. The van der Waals surface area contributed by atoms with Gasteiger partial charge in [0.25, 0.3) is 0 Å². The number of carbonyl (C=O) groups excluding carboxylic acids is 3. The Morgan fingerprint density at radius 2 is 1.57 bits per heavy atom. The lowest BCUT2D eigenvalue weighted by Gasteiger charge is -2.43. The zero-order chi connectivity index (χ0) is 35.7. The fraction of sp³-hybridized carbons (Fsp3) is 0.475. The molecule has 9 nitrogen and oxygen atoms in total. The number of likely N-dealkylation sites (tertiary alicyclic amines) is 1. The third kappa shape index (κ3) is 7.60. The predicted molar refractivity (Wildman–Crippen MR) is 201 cm³/mol. The van der Waals surface area contributed by atoms with Crippen LogP contribution in [0.1, 0.15) is 62.1 Å². The Labute approximate surface area is 305 Å². The van der Waals surface area contributed by atoms with E-state index in [9.17, 15) is 14.4 Å². The van der Waals surface area contributed by atoms with Crippen molar-refractivity contribution >= 4 is 41.0 Å². The molecule has 4 amide bonds. The van der Waals surface area contributed by atoms with E-state index < -0.39 is 10.6 Å². The number of nitrogens with one attached hydrogen (secondary N) is 1. The van der Waals surface area contributed by atoms with E-state index in [1.54, 1.807) is 6.07 Å². The van der Waals surface area contributed by atoms with E-state index in [0.717, 1.165) is 41.9 Å². The Hall–Kier alpha value is -4.09. The van der Waals surface area contributed by atoms with Gasteiger partial charge >= 0.3 is 6.03 Å². The number of thioether (sulfide) groups is 1. The molecule has 0 saturated carbocycles. The summed E-state index contributed by atoms with van der Waals surface area (Å²) in [5.74, 6) is -0.426. The number of piperazine rings is 1. The Balaban J connectivity index is 1.05. The normalized spacial score (nSPS) is 22.2. The molecule has 3 aromatic rings. The van der Waals surface area contributed by atoms with E-state index in [4.69, 9.17) is 0 Å². The lowest BCUT2D eigenvalue weighted by Crippen LogP contribution is -2.53. The molecule has 1 unspecified atom stereocenters. The molecule has 270 valence electrons. The number of para-hydroxylation sites is 2. The molecule has 1 N–H and O–H groups in total. The molecular formula is C40H49FN6O3S. The third-order valence-corrected chi connectivity index (χ3v) is 12.4. The molecular weight excluding hydrogens is 664 g/mol. The smallest absolute Gasteiger partial charge is 0.322 e. The second-order valence-electron chi connectivity index (χ2n) is 15.1. The predicted octanol–water partition coefficient (Wildman–Crippen LogP) is 6.36. The number of halogens is 1. The van der Waals surface area contributed by atoms with Crippen molar-refractivity contribution in [1.29, 1.82) is 0 Å². The zero-order valence-corrected chi connectivity index (χ0v) is 30.7. The second-order valence-corrected chi connectivity index (χ2v) is 16.4. The van der Waals surface area contributed by atoms with Crippen molar-refractivity contribution in [2.45, 2.75) is 75.2 Å². The van der Waals surface area contributed by atoms with Gasteiger partial charge in [-0.2, -0.15) is 0 Å². The molecule has 0 aromatic heterocycles. The van der Waals surface area contributed by atoms with Gasteiger partial charge in [0.1, 0.15) is 11.2 Å². The van der Waals surface area contributed by atoms with Crippen LogP contribution in [-0.2, 0) is 22.6 Å². The number of amides is 4. The monoisotopic (exact) mass is 712 g/mol. The molecule has 3 aromatic carbocycles. The molecule has 0 bridgehead atoms. The summed E-state index contributed by atoms with van der Waals surface area (Å²) >= 11 is 1.47. The Kier molecular flexibility index (Phi) is 10.3. The average Bonchev–Trinajstić information content (AvgIpc) is 3.31. The van der Waals surface area contributed by atoms with Crippen LogP contribution in [0, 0.1) is 5.82 Å². The molecule has 3 fully saturated rings. The van der Waals surface area contributed by atoms with Crippen LogP contribution in [0.15, 0.2) is 72.8 Å². The number of hydrogen-bond acceptors (Lipinski definition) is 6. The molecule has 11 heteroatoms. The quantitative estimate of drug-likeness (QED) is 0.307. The molecule has 4 aliphatic rings. The van der Waals surface area contributed by atoms with Crippen LogP contribution in [0.3, 0.4) is 0 Å². The van der Waals surface area contributed by atoms with Gasteiger partial charge in [0.2, 0.25) is 11.8 Å². The van der Waals surface area contributed by atoms with E-state index in [1.807, 2.05) is 69.3 Å². The summed E-state index contributed by atoms with van der Waals surface area (Å²) in [5.41, 5.74) is 4.36. The van der Waals surface area contributed by atoms with Crippen molar-refractivity contribution in [1.82, 2.24) is 19.6 Å². The lowest BCUT2D eigenvalue weighted by molar-refractivity contribution is -0.137. The molecule has 4 aliphatic heterocycles. The van der Waals surface area contributed by atoms with Crippen LogP contribution in [-0.4, -0.2) is 100 Å². The summed E-state index contributed by atoms with van der Waals surface area (Å²) < 4.78 is 15.8. The summed E-state index contributed by atoms with van der Waals surface area (Å²) in [4.78, 5) is 51.3.